The van der Waals surface area contributed by atoms with E-state index in [4.69, 9.17) is 9.26 Å². The summed E-state index contributed by atoms with van der Waals surface area (Å²) < 4.78 is 15.2. The minimum Gasteiger partial charge on any atom is -0.508 e. The molecule has 0 radical (unpaired) electrons. The Morgan fingerprint density at radius 2 is 1.89 bits per heavy atom. The highest BCUT2D eigenvalue weighted by atomic mass is 16.6. The summed E-state index contributed by atoms with van der Waals surface area (Å²) in [5, 5.41) is 34.2. The first-order valence-corrected chi connectivity index (χ1v) is 7.42. The first-order valence-electron chi connectivity index (χ1n) is 7.42. The van der Waals surface area contributed by atoms with E-state index in [-0.39, 0.29) is 45.7 Å². The lowest BCUT2D eigenvalue weighted by Gasteiger charge is -2.11. The van der Waals surface area contributed by atoms with Crippen LogP contribution in [0.3, 0.4) is 0 Å². The van der Waals surface area contributed by atoms with E-state index in [0.717, 1.165) is 6.07 Å². The molecule has 2 N–H and O–H groups in total. The third-order valence-corrected chi connectivity index (χ3v) is 3.49. The molecule has 0 fully saturated rings. The number of aromatic hydroxyl groups is 2. The van der Waals surface area contributed by atoms with Crippen molar-refractivity contribution in [2.75, 3.05) is 7.11 Å². The topological polar surface area (TPSA) is 145 Å². The maximum absolute atomic E-state index is 11.5. The highest BCUT2D eigenvalue weighted by Crippen LogP contribution is 2.43. The molecule has 0 spiro atoms. The maximum atomic E-state index is 11.5. The number of benzene rings is 2. The first-order chi connectivity index (χ1) is 12.9. The molecule has 0 bridgehead atoms. The Balaban J connectivity index is 2.01. The fourth-order valence-corrected chi connectivity index (χ4v) is 2.27. The van der Waals surface area contributed by atoms with Gasteiger partial charge in [0.2, 0.25) is 0 Å². The summed E-state index contributed by atoms with van der Waals surface area (Å²) in [6.45, 7) is 0. The van der Waals surface area contributed by atoms with Crippen molar-refractivity contribution in [2.45, 2.75) is 0 Å². The van der Waals surface area contributed by atoms with Gasteiger partial charge in [-0.2, -0.15) is 0 Å². The van der Waals surface area contributed by atoms with Crippen LogP contribution in [0.15, 0.2) is 47.0 Å². The van der Waals surface area contributed by atoms with Crippen molar-refractivity contribution in [2.24, 2.45) is 0 Å². The van der Waals surface area contributed by atoms with Gasteiger partial charge in [0, 0.05) is 30.3 Å². The van der Waals surface area contributed by atoms with Gasteiger partial charge in [0.05, 0.1) is 12.0 Å². The van der Waals surface area contributed by atoms with Crippen LogP contribution in [0.25, 0.3) is 11.3 Å². The molecule has 0 saturated heterocycles. The second kappa shape index (κ2) is 7.04. The summed E-state index contributed by atoms with van der Waals surface area (Å²) in [4.78, 5) is 21.7. The van der Waals surface area contributed by atoms with Gasteiger partial charge < -0.3 is 24.2 Å². The summed E-state index contributed by atoms with van der Waals surface area (Å²) in [7, 11) is 1.18. The van der Waals surface area contributed by atoms with Gasteiger partial charge in [-0.05, 0) is 12.1 Å². The van der Waals surface area contributed by atoms with E-state index in [0.29, 0.717) is 0 Å². The number of esters is 1. The zero-order valence-electron chi connectivity index (χ0n) is 13.8. The van der Waals surface area contributed by atoms with Crippen LogP contribution in [0.4, 0.5) is 5.69 Å². The Morgan fingerprint density at radius 1 is 1.19 bits per heavy atom. The van der Waals surface area contributed by atoms with E-state index < -0.39 is 10.9 Å². The van der Waals surface area contributed by atoms with E-state index in [1.165, 1.54) is 43.5 Å². The van der Waals surface area contributed by atoms with Gasteiger partial charge in [-0.3, -0.25) is 10.1 Å². The van der Waals surface area contributed by atoms with Crippen LogP contribution >= 0.6 is 0 Å². The van der Waals surface area contributed by atoms with Gasteiger partial charge in [0.25, 0.3) is 5.69 Å². The van der Waals surface area contributed by atoms with Crippen molar-refractivity contribution >= 4 is 11.7 Å². The average molecular weight is 372 g/mol. The van der Waals surface area contributed by atoms with Crippen LogP contribution in [0.2, 0.25) is 0 Å². The van der Waals surface area contributed by atoms with Crippen LogP contribution in [-0.2, 0) is 4.74 Å². The zero-order chi connectivity index (χ0) is 19.6. The molecule has 10 heteroatoms. The summed E-state index contributed by atoms with van der Waals surface area (Å²) in [6.07, 6.45) is 0. The molecule has 138 valence electrons. The molecule has 27 heavy (non-hydrogen) atoms. The number of phenols is 2. The van der Waals surface area contributed by atoms with Gasteiger partial charge in [0.1, 0.15) is 28.6 Å². The number of methoxy groups -OCH3 is 1. The number of nitrogens with zero attached hydrogens (tertiary/aromatic N) is 2. The number of carbonyl (C=O) groups excluding carboxylic acids is 1. The number of carbonyl (C=O) groups is 1. The van der Waals surface area contributed by atoms with Gasteiger partial charge in [-0.1, -0.05) is 5.16 Å². The summed E-state index contributed by atoms with van der Waals surface area (Å²) in [5.74, 6) is -1.24. The van der Waals surface area contributed by atoms with E-state index >= 15 is 0 Å². The van der Waals surface area contributed by atoms with E-state index in [2.05, 4.69) is 9.89 Å². The fraction of sp³-hybridized carbons (Fsp3) is 0.0588. The molecular weight excluding hydrogens is 360 g/mol. The standard InChI is InChI=1S/C17H12N2O8/c1-25-17(22)12-8-15(27-18-12)16-13(21)6-10(20)7-14(16)26-11-4-2-9(3-5-11)19(23)24/h2-8,20-21H,1H3. The smallest absolute Gasteiger partial charge is 0.360 e. The van der Waals surface area contributed by atoms with E-state index in [9.17, 15) is 25.1 Å². The monoisotopic (exact) mass is 372 g/mol. The molecule has 3 rings (SSSR count). The number of hydrogen-bond donors (Lipinski definition) is 2. The second-order valence-electron chi connectivity index (χ2n) is 5.26. The molecule has 2 aromatic carbocycles. The third kappa shape index (κ3) is 3.63. The average Bonchev–Trinajstić information content (AvgIpc) is 3.10. The largest absolute Gasteiger partial charge is 0.508 e. The molecule has 0 saturated carbocycles. The molecule has 1 heterocycles. The van der Waals surface area contributed by atoms with Crippen LogP contribution in [0.5, 0.6) is 23.0 Å². The second-order valence-corrected chi connectivity index (χ2v) is 5.26. The van der Waals surface area contributed by atoms with Crippen molar-refractivity contribution in [1.29, 1.82) is 0 Å². The van der Waals surface area contributed by atoms with Crippen molar-refractivity contribution in [3.8, 4) is 34.3 Å². The van der Waals surface area contributed by atoms with Crippen molar-refractivity contribution in [3.63, 3.8) is 0 Å². The number of hydrogen-bond acceptors (Lipinski definition) is 9. The maximum Gasteiger partial charge on any atom is 0.360 e. The molecule has 0 atom stereocenters. The van der Waals surface area contributed by atoms with Crippen LogP contribution in [-0.4, -0.2) is 33.4 Å². The van der Waals surface area contributed by atoms with Crippen molar-refractivity contribution in [3.05, 3.63) is 58.3 Å². The molecule has 1 aromatic heterocycles. The number of phenolic OH excluding ortho intramolecular Hbond substituents is 2. The van der Waals surface area contributed by atoms with Gasteiger partial charge in [-0.25, -0.2) is 4.79 Å². The molecule has 0 aliphatic heterocycles. The SMILES string of the molecule is COC(=O)c1cc(-c2c(O)cc(O)cc2Oc2ccc([N+](=O)[O-])cc2)on1. The highest BCUT2D eigenvalue weighted by molar-refractivity contribution is 5.89. The quantitative estimate of drug-likeness (QED) is 0.391. The number of non-ortho nitro benzene ring substituents is 1. The Labute approximate surface area is 151 Å². The Morgan fingerprint density at radius 3 is 2.52 bits per heavy atom. The van der Waals surface area contributed by atoms with Gasteiger partial charge >= 0.3 is 5.97 Å². The van der Waals surface area contributed by atoms with Crippen LogP contribution in [0, 0.1) is 10.1 Å². The lowest BCUT2D eigenvalue weighted by molar-refractivity contribution is -0.384. The zero-order valence-corrected chi connectivity index (χ0v) is 13.8. The van der Waals surface area contributed by atoms with Crippen LogP contribution < -0.4 is 4.74 Å². The minimum atomic E-state index is -0.735. The normalized spacial score (nSPS) is 10.4. The third-order valence-electron chi connectivity index (χ3n) is 3.49. The molecule has 10 nitrogen and oxygen atoms in total. The molecule has 0 aliphatic rings. The summed E-state index contributed by atoms with van der Waals surface area (Å²) >= 11 is 0. The van der Waals surface area contributed by atoms with Crippen molar-refractivity contribution in [1.82, 2.24) is 5.16 Å². The van der Waals surface area contributed by atoms with E-state index in [1.807, 2.05) is 0 Å². The molecular formula is C17H12N2O8. The van der Waals surface area contributed by atoms with Crippen molar-refractivity contribution < 1.29 is 33.9 Å². The predicted octanol–water partition coefficient (Wildman–Crippen LogP) is 3.24. The molecule has 0 aliphatic carbocycles. The predicted molar refractivity (Wildman–Crippen MR) is 89.8 cm³/mol. The van der Waals surface area contributed by atoms with Crippen LogP contribution in [0.1, 0.15) is 10.5 Å². The molecule has 0 unspecified atom stereocenters. The Bertz CT molecular complexity index is 1010. The highest BCUT2D eigenvalue weighted by Gasteiger charge is 2.22. The number of ether oxygens (including phenoxy) is 2. The molecule has 0 amide bonds. The first kappa shape index (κ1) is 17.7. The Hall–Kier alpha value is -4.08. The lowest BCUT2D eigenvalue weighted by atomic mass is 10.1. The lowest BCUT2D eigenvalue weighted by Crippen LogP contribution is -2.00. The van der Waals surface area contributed by atoms with Gasteiger partial charge in [-0.15, -0.1) is 0 Å². The number of nitro groups is 1. The van der Waals surface area contributed by atoms with E-state index in [1.54, 1.807) is 0 Å². The van der Waals surface area contributed by atoms with Gasteiger partial charge in [0.15, 0.2) is 11.5 Å². The number of rotatable bonds is 5. The number of aromatic nitrogens is 1. The number of nitro benzene ring substituents is 1. The Kier molecular flexibility index (Phi) is 4.62. The fourth-order valence-electron chi connectivity index (χ4n) is 2.27. The minimum absolute atomic E-state index is 0.00943. The summed E-state index contributed by atoms with van der Waals surface area (Å²) in [6, 6.07) is 8.67. The molecule has 3 aromatic rings. The summed E-state index contributed by atoms with van der Waals surface area (Å²) in [5.41, 5.74) is -0.227.